The Balaban J connectivity index is 2.33. The summed E-state index contributed by atoms with van der Waals surface area (Å²) in [6.45, 7) is 1.55. The highest BCUT2D eigenvalue weighted by Gasteiger charge is 2.26. The van der Waals surface area contributed by atoms with Gasteiger partial charge in [-0.25, -0.2) is 13.1 Å². The summed E-state index contributed by atoms with van der Waals surface area (Å²) in [7, 11) is -2.25. The van der Waals surface area contributed by atoms with Crippen molar-refractivity contribution in [3.8, 4) is 5.75 Å². The molecule has 1 atom stereocenters. The highest BCUT2D eigenvalue weighted by Crippen LogP contribution is 2.35. The van der Waals surface area contributed by atoms with Gasteiger partial charge in [0.1, 0.15) is 4.90 Å². The first-order chi connectivity index (χ1) is 9.44. The fraction of sp³-hybridized carbons (Fsp3) is 0.500. The number of hydrogen-bond acceptors (Lipinski definition) is 4. The SMILES string of the molecule is COc1c(Br)cc(Cl)cc1S(=O)(=O)N[C@@H]1CCCNC1. The largest absolute Gasteiger partial charge is 0.494 e. The van der Waals surface area contributed by atoms with Crippen LogP contribution in [0.4, 0.5) is 0 Å². The van der Waals surface area contributed by atoms with E-state index in [1.165, 1.54) is 13.2 Å². The summed E-state index contributed by atoms with van der Waals surface area (Å²) in [5, 5.41) is 3.50. The fourth-order valence-corrected chi connectivity index (χ4v) is 4.82. The van der Waals surface area contributed by atoms with Crippen molar-refractivity contribution in [2.75, 3.05) is 20.2 Å². The van der Waals surface area contributed by atoms with Gasteiger partial charge in [0.05, 0.1) is 11.6 Å². The maximum absolute atomic E-state index is 12.5. The molecule has 1 saturated heterocycles. The second-order valence-electron chi connectivity index (χ2n) is 4.58. The zero-order valence-corrected chi connectivity index (χ0v) is 14.1. The summed E-state index contributed by atoms with van der Waals surface area (Å²) in [4.78, 5) is 0.0462. The van der Waals surface area contributed by atoms with Gasteiger partial charge in [0, 0.05) is 17.6 Å². The minimum Gasteiger partial charge on any atom is -0.494 e. The van der Waals surface area contributed by atoms with Gasteiger partial charge in [0.15, 0.2) is 5.75 Å². The molecule has 1 aliphatic rings. The van der Waals surface area contributed by atoms with Crippen LogP contribution in [0.25, 0.3) is 0 Å². The predicted octanol–water partition coefficient (Wildman–Crippen LogP) is 2.14. The van der Waals surface area contributed by atoms with Crippen LogP contribution in [0.2, 0.25) is 5.02 Å². The van der Waals surface area contributed by atoms with Crippen LogP contribution in [0.1, 0.15) is 12.8 Å². The highest BCUT2D eigenvalue weighted by molar-refractivity contribution is 9.10. The Hall–Kier alpha value is -0.340. The van der Waals surface area contributed by atoms with Gasteiger partial charge in [-0.05, 0) is 47.4 Å². The van der Waals surface area contributed by atoms with Gasteiger partial charge in [0.25, 0.3) is 0 Å². The first-order valence-corrected chi connectivity index (χ1v) is 8.85. The van der Waals surface area contributed by atoms with E-state index in [9.17, 15) is 8.42 Å². The quantitative estimate of drug-likeness (QED) is 0.836. The van der Waals surface area contributed by atoms with Gasteiger partial charge >= 0.3 is 0 Å². The number of methoxy groups -OCH3 is 1. The molecule has 0 aliphatic carbocycles. The third-order valence-electron chi connectivity index (χ3n) is 3.09. The number of piperidine rings is 1. The lowest BCUT2D eigenvalue weighted by molar-refractivity contribution is 0.397. The lowest BCUT2D eigenvalue weighted by Crippen LogP contribution is -2.45. The molecule has 0 unspecified atom stereocenters. The van der Waals surface area contributed by atoms with Gasteiger partial charge in [-0.1, -0.05) is 11.6 Å². The molecule has 1 aliphatic heterocycles. The molecule has 2 rings (SSSR count). The number of sulfonamides is 1. The molecule has 5 nitrogen and oxygen atoms in total. The third kappa shape index (κ3) is 3.65. The normalized spacial score (nSPS) is 19.9. The Bertz CT molecular complexity index is 589. The molecule has 0 bridgehead atoms. The van der Waals surface area contributed by atoms with Crippen molar-refractivity contribution in [2.45, 2.75) is 23.8 Å². The van der Waals surface area contributed by atoms with E-state index in [1.54, 1.807) is 6.07 Å². The second kappa shape index (κ2) is 6.62. The minimum absolute atomic E-state index is 0.0462. The van der Waals surface area contributed by atoms with Gasteiger partial charge in [-0.3, -0.25) is 0 Å². The van der Waals surface area contributed by atoms with Gasteiger partial charge in [-0.2, -0.15) is 0 Å². The molecular weight excluding hydrogens is 368 g/mol. The van der Waals surface area contributed by atoms with Crippen LogP contribution >= 0.6 is 27.5 Å². The number of nitrogens with one attached hydrogen (secondary N) is 2. The molecule has 1 aromatic carbocycles. The minimum atomic E-state index is -3.68. The van der Waals surface area contributed by atoms with Crippen molar-refractivity contribution >= 4 is 37.6 Å². The van der Waals surface area contributed by atoms with Crippen molar-refractivity contribution in [3.63, 3.8) is 0 Å². The molecule has 20 heavy (non-hydrogen) atoms. The van der Waals surface area contributed by atoms with Crippen LogP contribution in [-0.2, 0) is 10.0 Å². The van der Waals surface area contributed by atoms with Crippen molar-refractivity contribution < 1.29 is 13.2 Å². The maximum Gasteiger partial charge on any atom is 0.244 e. The van der Waals surface area contributed by atoms with E-state index >= 15 is 0 Å². The topological polar surface area (TPSA) is 67.4 Å². The standard InChI is InChI=1S/C12H16BrClN2O3S/c1-19-12-10(13)5-8(14)6-11(12)20(17,18)16-9-3-2-4-15-7-9/h5-6,9,15-16H,2-4,7H2,1H3/t9-/m1/s1. The molecule has 0 aromatic heterocycles. The number of halogens is 2. The van der Waals surface area contributed by atoms with E-state index in [-0.39, 0.29) is 16.7 Å². The molecule has 1 aromatic rings. The lowest BCUT2D eigenvalue weighted by atomic mass is 10.1. The second-order valence-corrected chi connectivity index (χ2v) is 7.56. The number of hydrogen-bond donors (Lipinski definition) is 2. The molecule has 0 spiro atoms. The Morgan fingerprint density at radius 3 is 2.85 bits per heavy atom. The van der Waals surface area contributed by atoms with Crippen molar-refractivity contribution in [1.82, 2.24) is 10.0 Å². The summed E-state index contributed by atoms with van der Waals surface area (Å²) in [5.41, 5.74) is 0. The first kappa shape index (κ1) is 16.0. The van der Waals surface area contributed by atoms with E-state index in [0.29, 0.717) is 16.0 Å². The predicted molar refractivity (Wildman–Crippen MR) is 81.9 cm³/mol. The number of benzene rings is 1. The summed E-state index contributed by atoms with van der Waals surface area (Å²) in [5.74, 6) is 0.255. The van der Waals surface area contributed by atoms with Gasteiger partial charge in [0.2, 0.25) is 10.0 Å². The summed E-state index contributed by atoms with van der Waals surface area (Å²) in [6.07, 6.45) is 1.76. The highest BCUT2D eigenvalue weighted by atomic mass is 79.9. The summed E-state index contributed by atoms with van der Waals surface area (Å²) >= 11 is 9.20. The summed E-state index contributed by atoms with van der Waals surface area (Å²) in [6, 6.07) is 2.88. The molecule has 8 heteroatoms. The molecule has 112 valence electrons. The number of rotatable bonds is 4. The van der Waals surface area contributed by atoms with Gasteiger partial charge < -0.3 is 10.1 Å². The van der Waals surface area contributed by atoms with Crippen LogP contribution < -0.4 is 14.8 Å². The summed E-state index contributed by atoms with van der Waals surface area (Å²) < 4.78 is 33.3. The average molecular weight is 384 g/mol. The van der Waals surface area contributed by atoms with Crippen molar-refractivity contribution in [3.05, 3.63) is 21.6 Å². The smallest absolute Gasteiger partial charge is 0.244 e. The lowest BCUT2D eigenvalue weighted by Gasteiger charge is -2.24. The Kier molecular flexibility index (Phi) is 5.30. The molecule has 1 fully saturated rings. The molecular formula is C12H16BrClN2O3S. The van der Waals surface area contributed by atoms with Crippen molar-refractivity contribution in [1.29, 1.82) is 0 Å². The Morgan fingerprint density at radius 2 is 2.25 bits per heavy atom. The Labute approximate surface area is 132 Å². The zero-order chi connectivity index (χ0) is 14.8. The number of ether oxygens (including phenoxy) is 1. The molecule has 0 radical (unpaired) electrons. The van der Waals surface area contributed by atoms with E-state index < -0.39 is 10.0 Å². The van der Waals surface area contributed by atoms with E-state index in [2.05, 4.69) is 26.0 Å². The van der Waals surface area contributed by atoms with Crippen LogP contribution in [0.5, 0.6) is 5.75 Å². The molecule has 2 N–H and O–H groups in total. The Morgan fingerprint density at radius 1 is 1.50 bits per heavy atom. The molecule has 0 saturated carbocycles. The van der Waals surface area contributed by atoms with Gasteiger partial charge in [-0.15, -0.1) is 0 Å². The first-order valence-electron chi connectivity index (χ1n) is 6.20. The van der Waals surface area contributed by atoms with Crippen LogP contribution in [0.3, 0.4) is 0 Å². The van der Waals surface area contributed by atoms with Crippen LogP contribution in [-0.4, -0.2) is 34.7 Å². The van der Waals surface area contributed by atoms with Crippen molar-refractivity contribution in [2.24, 2.45) is 0 Å². The molecule has 0 amide bonds. The van der Waals surface area contributed by atoms with Crippen LogP contribution in [0.15, 0.2) is 21.5 Å². The van der Waals surface area contributed by atoms with E-state index in [0.717, 1.165) is 19.4 Å². The van der Waals surface area contributed by atoms with E-state index in [1.807, 2.05) is 0 Å². The monoisotopic (exact) mass is 382 g/mol. The fourth-order valence-electron chi connectivity index (χ4n) is 2.17. The third-order valence-corrected chi connectivity index (χ3v) is 5.42. The van der Waals surface area contributed by atoms with E-state index in [4.69, 9.17) is 16.3 Å². The maximum atomic E-state index is 12.5. The zero-order valence-electron chi connectivity index (χ0n) is 10.9. The average Bonchev–Trinajstić information content (AvgIpc) is 2.38. The van der Waals surface area contributed by atoms with Crippen LogP contribution in [0, 0.1) is 0 Å². The molecule has 1 heterocycles.